The average molecular weight is 466 g/mol. The molecular formula is C20H27IN4O. The number of amides is 1. The molecular weight excluding hydrogens is 439 g/mol. The molecule has 0 atom stereocenters. The third kappa shape index (κ3) is 8.33. The van der Waals surface area contributed by atoms with E-state index in [2.05, 4.69) is 27.8 Å². The van der Waals surface area contributed by atoms with Crippen molar-refractivity contribution < 1.29 is 4.79 Å². The lowest BCUT2D eigenvalue weighted by Gasteiger charge is -2.17. The fourth-order valence-electron chi connectivity index (χ4n) is 2.32. The fourth-order valence-corrected chi connectivity index (χ4v) is 2.32. The summed E-state index contributed by atoms with van der Waals surface area (Å²) < 4.78 is 0. The summed E-state index contributed by atoms with van der Waals surface area (Å²) in [6.07, 6.45) is 0.829. The van der Waals surface area contributed by atoms with Crippen molar-refractivity contribution in [2.24, 2.45) is 4.99 Å². The van der Waals surface area contributed by atoms with Gasteiger partial charge in [0, 0.05) is 20.6 Å². The molecule has 2 aromatic carbocycles. The minimum atomic E-state index is -0.0369. The minimum Gasteiger partial charge on any atom is -0.354 e. The monoisotopic (exact) mass is 466 g/mol. The zero-order valence-electron chi connectivity index (χ0n) is 15.3. The summed E-state index contributed by atoms with van der Waals surface area (Å²) in [5.41, 5.74) is 2.35. The van der Waals surface area contributed by atoms with Crippen LogP contribution < -0.4 is 10.6 Å². The average Bonchev–Trinajstić information content (AvgIpc) is 2.63. The molecule has 0 aromatic heterocycles. The van der Waals surface area contributed by atoms with Gasteiger partial charge in [0.2, 0.25) is 5.91 Å². The summed E-state index contributed by atoms with van der Waals surface area (Å²) in [5, 5.41) is 6.03. The number of halogens is 1. The van der Waals surface area contributed by atoms with Crippen LogP contribution in [0.3, 0.4) is 0 Å². The number of nitrogens with one attached hydrogen (secondary N) is 2. The molecule has 0 bridgehead atoms. The van der Waals surface area contributed by atoms with Crippen molar-refractivity contribution in [3.63, 3.8) is 0 Å². The van der Waals surface area contributed by atoms with E-state index in [4.69, 9.17) is 0 Å². The highest BCUT2D eigenvalue weighted by Gasteiger charge is 2.05. The Kier molecular flexibility index (Phi) is 10.4. The van der Waals surface area contributed by atoms with Crippen molar-refractivity contribution in [1.82, 2.24) is 15.5 Å². The molecule has 0 heterocycles. The predicted octanol–water partition coefficient (Wildman–Crippen LogP) is 2.67. The molecule has 0 aliphatic heterocycles. The number of benzene rings is 2. The summed E-state index contributed by atoms with van der Waals surface area (Å²) in [6, 6.07) is 20.2. The first kappa shape index (κ1) is 22.0. The predicted molar refractivity (Wildman–Crippen MR) is 118 cm³/mol. The maximum Gasteiger partial charge on any atom is 0.239 e. The topological polar surface area (TPSA) is 56.7 Å². The first-order valence-electron chi connectivity index (χ1n) is 8.45. The van der Waals surface area contributed by atoms with Gasteiger partial charge in [-0.25, -0.2) is 4.99 Å². The number of carbonyl (C=O) groups is 1. The van der Waals surface area contributed by atoms with Crippen LogP contribution in [-0.2, 0) is 17.8 Å². The Labute approximate surface area is 172 Å². The first-order valence-corrected chi connectivity index (χ1v) is 8.45. The van der Waals surface area contributed by atoms with Crippen molar-refractivity contribution in [3.8, 4) is 0 Å². The molecule has 0 spiro atoms. The highest BCUT2D eigenvalue weighted by atomic mass is 127. The molecule has 26 heavy (non-hydrogen) atoms. The van der Waals surface area contributed by atoms with E-state index in [0.717, 1.165) is 12.0 Å². The standard InChI is InChI=1S/C20H26N4O.HI/c1-24(2)20(22-15-18-11-7-4-8-12-18)23-16-19(25)21-14-13-17-9-5-3-6-10-17;/h3-12H,13-16H2,1-2H3,(H,21,25)(H,22,23);1H. The van der Waals surface area contributed by atoms with Crippen molar-refractivity contribution in [2.45, 2.75) is 13.0 Å². The van der Waals surface area contributed by atoms with Crippen molar-refractivity contribution >= 4 is 35.8 Å². The van der Waals surface area contributed by atoms with Gasteiger partial charge in [-0.2, -0.15) is 0 Å². The summed E-state index contributed by atoms with van der Waals surface area (Å²) >= 11 is 0. The molecule has 0 saturated carbocycles. The van der Waals surface area contributed by atoms with Crippen LogP contribution in [0.4, 0.5) is 0 Å². The smallest absolute Gasteiger partial charge is 0.239 e. The molecule has 1 amide bonds. The van der Waals surface area contributed by atoms with Gasteiger partial charge in [-0.05, 0) is 17.5 Å². The molecule has 6 heteroatoms. The molecule has 5 nitrogen and oxygen atoms in total. The van der Waals surface area contributed by atoms with Gasteiger partial charge in [-0.3, -0.25) is 4.79 Å². The van der Waals surface area contributed by atoms with Gasteiger partial charge in [0.25, 0.3) is 0 Å². The second kappa shape index (κ2) is 12.3. The summed E-state index contributed by atoms with van der Waals surface area (Å²) in [5.74, 6) is 0.659. The Morgan fingerprint density at radius 2 is 1.50 bits per heavy atom. The van der Waals surface area contributed by atoms with Crippen molar-refractivity contribution in [3.05, 3.63) is 71.8 Å². The molecule has 2 rings (SSSR count). The third-order valence-corrected chi connectivity index (χ3v) is 3.66. The summed E-state index contributed by atoms with van der Waals surface area (Å²) in [7, 11) is 3.81. The van der Waals surface area contributed by atoms with Gasteiger partial charge >= 0.3 is 0 Å². The number of rotatable bonds is 7. The maximum absolute atomic E-state index is 12.0. The molecule has 2 N–H and O–H groups in total. The first-order chi connectivity index (χ1) is 12.1. The van der Waals surface area contributed by atoms with E-state index in [-0.39, 0.29) is 36.4 Å². The van der Waals surface area contributed by atoms with E-state index in [1.807, 2.05) is 67.5 Å². The number of nitrogens with zero attached hydrogens (tertiary/aromatic N) is 2. The van der Waals surface area contributed by atoms with E-state index >= 15 is 0 Å². The van der Waals surface area contributed by atoms with Gasteiger partial charge in [-0.1, -0.05) is 60.7 Å². The summed E-state index contributed by atoms with van der Waals surface area (Å²) in [4.78, 5) is 18.4. The molecule has 0 aliphatic carbocycles. The third-order valence-electron chi connectivity index (χ3n) is 3.66. The lowest BCUT2D eigenvalue weighted by molar-refractivity contribution is -0.120. The molecule has 140 valence electrons. The largest absolute Gasteiger partial charge is 0.354 e. The molecule has 0 unspecified atom stereocenters. The van der Waals surface area contributed by atoms with Crippen LogP contribution in [0.25, 0.3) is 0 Å². The fraction of sp³-hybridized carbons (Fsp3) is 0.300. The van der Waals surface area contributed by atoms with E-state index < -0.39 is 0 Å². The van der Waals surface area contributed by atoms with Gasteiger partial charge in [0.1, 0.15) is 0 Å². The number of aliphatic imine (C=N–C) groups is 1. The SMILES string of the molecule is CN(C)C(=NCc1ccccc1)NCC(=O)NCCc1ccccc1.I. The lowest BCUT2D eigenvalue weighted by Crippen LogP contribution is -2.43. The second-order valence-electron chi connectivity index (χ2n) is 5.96. The molecule has 0 saturated heterocycles. The molecule has 0 radical (unpaired) electrons. The van der Waals surface area contributed by atoms with Crippen molar-refractivity contribution in [2.75, 3.05) is 27.2 Å². The number of carbonyl (C=O) groups excluding carboxylic acids is 1. The Bertz CT molecular complexity index is 675. The van der Waals surface area contributed by atoms with E-state index in [1.54, 1.807) is 0 Å². The Balaban J connectivity index is 0.00000338. The molecule has 2 aromatic rings. The zero-order chi connectivity index (χ0) is 17.9. The maximum atomic E-state index is 12.0. The highest BCUT2D eigenvalue weighted by Crippen LogP contribution is 2.00. The second-order valence-corrected chi connectivity index (χ2v) is 5.96. The number of hydrogen-bond donors (Lipinski definition) is 2. The number of hydrogen-bond acceptors (Lipinski definition) is 2. The Morgan fingerprint density at radius 1 is 0.923 bits per heavy atom. The quantitative estimate of drug-likeness (QED) is 0.375. The van der Waals surface area contributed by atoms with Crippen LogP contribution in [0.5, 0.6) is 0 Å². The van der Waals surface area contributed by atoms with Gasteiger partial charge in [0.05, 0.1) is 13.1 Å². The van der Waals surface area contributed by atoms with Gasteiger partial charge in [-0.15, -0.1) is 24.0 Å². The van der Waals surface area contributed by atoms with Crippen LogP contribution in [0, 0.1) is 0 Å². The van der Waals surface area contributed by atoms with Gasteiger partial charge < -0.3 is 15.5 Å². The van der Waals surface area contributed by atoms with Gasteiger partial charge in [0.15, 0.2) is 5.96 Å². The minimum absolute atomic E-state index is 0. The Hall–Kier alpha value is -2.09. The van der Waals surface area contributed by atoms with Crippen LogP contribution >= 0.6 is 24.0 Å². The van der Waals surface area contributed by atoms with Crippen LogP contribution in [0.2, 0.25) is 0 Å². The van der Waals surface area contributed by atoms with E-state index in [0.29, 0.717) is 19.0 Å². The lowest BCUT2D eigenvalue weighted by atomic mass is 10.1. The Morgan fingerprint density at radius 3 is 2.08 bits per heavy atom. The van der Waals surface area contributed by atoms with E-state index in [9.17, 15) is 4.79 Å². The van der Waals surface area contributed by atoms with Crippen molar-refractivity contribution in [1.29, 1.82) is 0 Å². The van der Waals surface area contributed by atoms with Crippen LogP contribution in [-0.4, -0.2) is 44.0 Å². The molecule has 0 aliphatic rings. The van der Waals surface area contributed by atoms with Crippen LogP contribution in [0.1, 0.15) is 11.1 Å². The zero-order valence-corrected chi connectivity index (χ0v) is 17.6. The van der Waals surface area contributed by atoms with Crippen LogP contribution in [0.15, 0.2) is 65.7 Å². The summed E-state index contributed by atoms with van der Waals surface area (Å²) in [6.45, 7) is 1.42. The normalized spacial score (nSPS) is 10.6. The number of guanidine groups is 1. The van der Waals surface area contributed by atoms with E-state index in [1.165, 1.54) is 5.56 Å². The molecule has 0 fully saturated rings. The highest BCUT2D eigenvalue weighted by molar-refractivity contribution is 14.0.